The van der Waals surface area contributed by atoms with E-state index in [1.165, 1.54) is 22.9 Å². The third-order valence-electron chi connectivity index (χ3n) is 3.93. The van der Waals surface area contributed by atoms with Crippen LogP contribution in [0.15, 0.2) is 29.2 Å². The first kappa shape index (κ1) is 16.1. The van der Waals surface area contributed by atoms with Gasteiger partial charge < -0.3 is 15.0 Å². The van der Waals surface area contributed by atoms with Crippen molar-refractivity contribution in [1.82, 2.24) is 4.57 Å². The first-order valence-electron chi connectivity index (χ1n) is 7.30. The highest BCUT2D eigenvalue weighted by Crippen LogP contribution is 2.38. The van der Waals surface area contributed by atoms with E-state index >= 15 is 0 Å². The number of pyridine rings is 1. The molecule has 0 amide bonds. The van der Waals surface area contributed by atoms with Crippen LogP contribution in [0.2, 0.25) is 10.0 Å². The molecule has 3 rings (SSSR count). The number of aromatic nitrogens is 1. The minimum atomic E-state index is -0.864. The molecule has 1 aliphatic carbocycles. The second-order valence-corrected chi connectivity index (χ2v) is 6.40. The molecule has 7 heteroatoms. The van der Waals surface area contributed by atoms with Crippen LogP contribution in [-0.4, -0.2) is 4.57 Å². The molecular formula is C16H15Cl2FN2O2. The van der Waals surface area contributed by atoms with Gasteiger partial charge in [0, 0.05) is 17.8 Å². The third kappa shape index (κ3) is 3.31. The molecule has 0 bridgehead atoms. The van der Waals surface area contributed by atoms with Gasteiger partial charge in [0.25, 0.3) is 5.56 Å². The first-order valence-corrected chi connectivity index (χ1v) is 8.05. The summed E-state index contributed by atoms with van der Waals surface area (Å²) in [5, 5.41) is 0.433. The zero-order valence-corrected chi connectivity index (χ0v) is 13.7. The molecule has 0 spiro atoms. The zero-order chi connectivity index (χ0) is 16.6. The summed E-state index contributed by atoms with van der Waals surface area (Å²) in [4.78, 5) is 12.0. The number of anilines is 1. The van der Waals surface area contributed by atoms with Gasteiger partial charge in [-0.05, 0) is 25.0 Å². The Bertz CT molecular complexity index is 778. The molecule has 1 saturated carbocycles. The van der Waals surface area contributed by atoms with Crippen molar-refractivity contribution in [2.75, 3.05) is 5.73 Å². The molecule has 1 aromatic carbocycles. The van der Waals surface area contributed by atoms with E-state index in [4.69, 9.17) is 33.7 Å². The molecule has 1 heterocycles. The van der Waals surface area contributed by atoms with Gasteiger partial charge in [-0.15, -0.1) is 0 Å². The molecule has 0 atom stereocenters. The SMILES string of the molecule is Nc1cc(Cl)c(Oc2cc(F)c(=O)n(C3CCCC3)c2)c(Cl)c1. The Morgan fingerprint density at radius 2 is 1.78 bits per heavy atom. The van der Waals surface area contributed by atoms with E-state index in [2.05, 4.69) is 0 Å². The smallest absolute Gasteiger partial charge is 0.287 e. The molecule has 2 aromatic rings. The predicted molar refractivity (Wildman–Crippen MR) is 89.1 cm³/mol. The summed E-state index contributed by atoms with van der Waals surface area (Å²) in [6, 6.07) is 4.02. The van der Waals surface area contributed by atoms with E-state index in [1.807, 2.05) is 0 Å². The number of nitrogens with zero attached hydrogens (tertiary/aromatic N) is 1. The number of rotatable bonds is 3. The lowest BCUT2D eigenvalue weighted by Crippen LogP contribution is -2.25. The summed E-state index contributed by atoms with van der Waals surface area (Å²) in [7, 11) is 0. The fraction of sp³-hybridized carbons (Fsp3) is 0.312. The molecule has 0 saturated heterocycles. The van der Waals surface area contributed by atoms with E-state index in [0.29, 0.717) is 5.69 Å². The van der Waals surface area contributed by atoms with Crippen molar-refractivity contribution >= 4 is 28.9 Å². The van der Waals surface area contributed by atoms with Gasteiger partial charge in [0.15, 0.2) is 11.6 Å². The van der Waals surface area contributed by atoms with E-state index < -0.39 is 11.4 Å². The Kier molecular flexibility index (Phi) is 4.50. The van der Waals surface area contributed by atoms with Crippen LogP contribution in [0.5, 0.6) is 11.5 Å². The van der Waals surface area contributed by atoms with Gasteiger partial charge in [-0.2, -0.15) is 0 Å². The molecule has 0 unspecified atom stereocenters. The van der Waals surface area contributed by atoms with Gasteiger partial charge in [0.1, 0.15) is 5.75 Å². The van der Waals surface area contributed by atoms with Gasteiger partial charge in [-0.25, -0.2) is 4.39 Å². The molecule has 1 fully saturated rings. The van der Waals surface area contributed by atoms with Crippen molar-refractivity contribution in [3.63, 3.8) is 0 Å². The summed E-state index contributed by atoms with van der Waals surface area (Å²) in [5.41, 5.74) is 5.40. The number of nitrogen functional groups attached to an aromatic ring is 1. The number of ether oxygens (including phenoxy) is 1. The molecule has 0 radical (unpaired) electrons. The van der Waals surface area contributed by atoms with Gasteiger partial charge >= 0.3 is 0 Å². The minimum Gasteiger partial charge on any atom is -0.453 e. The van der Waals surface area contributed by atoms with E-state index in [9.17, 15) is 9.18 Å². The van der Waals surface area contributed by atoms with Gasteiger partial charge in [0.05, 0.1) is 16.2 Å². The topological polar surface area (TPSA) is 57.2 Å². The second kappa shape index (κ2) is 6.42. The lowest BCUT2D eigenvalue weighted by atomic mass is 10.2. The lowest BCUT2D eigenvalue weighted by Gasteiger charge is -2.16. The summed E-state index contributed by atoms with van der Waals surface area (Å²) < 4.78 is 21.0. The van der Waals surface area contributed by atoms with E-state index in [0.717, 1.165) is 31.7 Å². The van der Waals surface area contributed by atoms with Crippen molar-refractivity contribution in [2.45, 2.75) is 31.7 Å². The fourth-order valence-electron chi connectivity index (χ4n) is 2.85. The van der Waals surface area contributed by atoms with Crippen LogP contribution >= 0.6 is 23.2 Å². The first-order chi connectivity index (χ1) is 11.0. The van der Waals surface area contributed by atoms with Gasteiger partial charge in [0.2, 0.25) is 0 Å². The van der Waals surface area contributed by atoms with Crippen molar-refractivity contribution < 1.29 is 9.13 Å². The number of nitrogens with two attached hydrogens (primary N) is 1. The largest absolute Gasteiger partial charge is 0.453 e. The maximum Gasteiger partial charge on any atom is 0.287 e. The standard InChI is InChI=1S/C16H15Cl2FN2O2/c17-12-5-9(20)6-13(18)15(12)23-11-7-14(19)16(22)21(8-11)10-3-1-2-4-10/h5-8,10H,1-4,20H2. The highest BCUT2D eigenvalue weighted by molar-refractivity contribution is 6.37. The predicted octanol–water partition coefficient (Wildman–Crippen LogP) is 4.78. The molecular weight excluding hydrogens is 342 g/mol. The second-order valence-electron chi connectivity index (χ2n) is 5.59. The van der Waals surface area contributed by atoms with Crippen LogP contribution in [0.3, 0.4) is 0 Å². The number of benzene rings is 1. The van der Waals surface area contributed by atoms with Crippen molar-refractivity contribution in [1.29, 1.82) is 0 Å². The Labute approximate surface area is 142 Å². The number of halogens is 3. The number of hydrogen-bond acceptors (Lipinski definition) is 3. The van der Waals surface area contributed by atoms with E-state index in [1.54, 1.807) is 0 Å². The van der Waals surface area contributed by atoms with Crippen LogP contribution in [0.1, 0.15) is 31.7 Å². The summed E-state index contributed by atoms with van der Waals surface area (Å²) in [5.74, 6) is -0.516. The molecule has 4 nitrogen and oxygen atoms in total. The molecule has 122 valence electrons. The van der Waals surface area contributed by atoms with Crippen LogP contribution < -0.4 is 16.0 Å². The monoisotopic (exact) mass is 356 g/mol. The third-order valence-corrected chi connectivity index (χ3v) is 4.49. The average Bonchev–Trinajstić information content (AvgIpc) is 3.00. The normalized spacial score (nSPS) is 15.1. The highest BCUT2D eigenvalue weighted by Gasteiger charge is 2.21. The Morgan fingerprint density at radius 3 is 2.39 bits per heavy atom. The number of hydrogen-bond donors (Lipinski definition) is 1. The summed E-state index contributed by atoms with van der Waals surface area (Å²) in [6.45, 7) is 0. The van der Waals surface area contributed by atoms with Crippen molar-refractivity contribution in [2.24, 2.45) is 0 Å². The van der Waals surface area contributed by atoms with Crippen LogP contribution in [0.25, 0.3) is 0 Å². The molecule has 2 N–H and O–H groups in total. The molecule has 1 aliphatic rings. The Morgan fingerprint density at radius 1 is 1.17 bits per heavy atom. The molecule has 23 heavy (non-hydrogen) atoms. The lowest BCUT2D eigenvalue weighted by molar-refractivity contribution is 0.433. The zero-order valence-electron chi connectivity index (χ0n) is 12.2. The minimum absolute atomic E-state index is 0.00193. The summed E-state index contributed by atoms with van der Waals surface area (Å²) in [6.07, 6.45) is 5.27. The van der Waals surface area contributed by atoms with Crippen LogP contribution in [0.4, 0.5) is 10.1 Å². The maximum atomic E-state index is 14.0. The maximum absolute atomic E-state index is 14.0. The summed E-state index contributed by atoms with van der Waals surface area (Å²) >= 11 is 12.1. The Hall–Kier alpha value is -1.72. The Balaban J connectivity index is 1.99. The molecule has 0 aliphatic heterocycles. The van der Waals surface area contributed by atoms with Crippen LogP contribution in [-0.2, 0) is 0 Å². The van der Waals surface area contributed by atoms with Crippen LogP contribution in [0, 0.1) is 5.82 Å². The van der Waals surface area contributed by atoms with Gasteiger partial charge in [-0.3, -0.25) is 4.79 Å². The highest BCUT2D eigenvalue weighted by atomic mass is 35.5. The van der Waals surface area contributed by atoms with Gasteiger partial charge in [-0.1, -0.05) is 36.0 Å². The quantitative estimate of drug-likeness (QED) is 0.804. The van der Waals surface area contributed by atoms with Crippen molar-refractivity contribution in [3.8, 4) is 11.5 Å². The fourth-order valence-corrected chi connectivity index (χ4v) is 3.43. The van der Waals surface area contributed by atoms with E-state index in [-0.39, 0.29) is 27.6 Å². The average molecular weight is 357 g/mol. The van der Waals surface area contributed by atoms with Crippen molar-refractivity contribution in [3.05, 3.63) is 50.6 Å². The molecule has 1 aromatic heterocycles.